The van der Waals surface area contributed by atoms with Crippen LogP contribution in [0.1, 0.15) is 40.4 Å². The largest absolute Gasteiger partial charge is 0.388 e. The second-order valence-corrected chi connectivity index (χ2v) is 5.83. The van der Waals surface area contributed by atoms with Gasteiger partial charge in [0.25, 0.3) is 0 Å². The number of anilines is 1. The van der Waals surface area contributed by atoms with Crippen LogP contribution in [0.3, 0.4) is 0 Å². The van der Waals surface area contributed by atoms with Gasteiger partial charge in [-0.15, -0.1) is 0 Å². The topological polar surface area (TPSA) is 67.3 Å². The number of rotatable bonds is 6. The molecule has 0 fully saturated rings. The molecule has 1 aromatic rings. The lowest BCUT2D eigenvalue weighted by atomic mass is 9.86. The number of hydrogen-bond acceptors (Lipinski definition) is 5. The van der Waals surface area contributed by atoms with Crippen LogP contribution in [0.4, 0.5) is 5.82 Å². The third kappa shape index (κ3) is 4.60. The van der Waals surface area contributed by atoms with Gasteiger partial charge >= 0.3 is 0 Å². The van der Waals surface area contributed by atoms with Crippen LogP contribution in [0.5, 0.6) is 0 Å². The molecular formula is C13H22ClN3O2. The smallest absolute Gasteiger partial charge is 0.158 e. The molecule has 0 amide bonds. The van der Waals surface area contributed by atoms with Crippen molar-refractivity contribution in [2.45, 2.75) is 52.4 Å². The van der Waals surface area contributed by atoms with Crippen LogP contribution < -0.4 is 5.32 Å². The Morgan fingerprint density at radius 3 is 2.47 bits per heavy atom. The van der Waals surface area contributed by atoms with Crippen molar-refractivity contribution in [1.82, 2.24) is 9.97 Å². The van der Waals surface area contributed by atoms with Crippen molar-refractivity contribution in [3.63, 3.8) is 0 Å². The molecule has 0 unspecified atom stereocenters. The van der Waals surface area contributed by atoms with E-state index in [0.29, 0.717) is 30.0 Å². The van der Waals surface area contributed by atoms with Crippen LogP contribution in [0.25, 0.3) is 0 Å². The molecule has 0 bridgehead atoms. The number of aromatic nitrogens is 2. The Labute approximate surface area is 119 Å². The minimum absolute atomic E-state index is 0.314. The highest BCUT2D eigenvalue weighted by molar-refractivity contribution is 6.29. The second-order valence-electron chi connectivity index (χ2n) is 5.44. The Bertz CT molecular complexity index is 430. The van der Waals surface area contributed by atoms with Gasteiger partial charge in [-0.2, -0.15) is 0 Å². The molecule has 1 aromatic heterocycles. The summed E-state index contributed by atoms with van der Waals surface area (Å²) < 4.78 is 5.27. The first-order valence-electron chi connectivity index (χ1n) is 6.27. The summed E-state index contributed by atoms with van der Waals surface area (Å²) in [6.45, 7) is 10.1. The van der Waals surface area contributed by atoms with Gasteiger partial charge in [0.15, 0.2) is 5.82 Å². The van der Waals surface area contributed by atoms with Gasteiger partial charge in [-0.25, -0.2) is 9.97 Å². The maximum absolute atomic E-state index is 10.1. The van der Waals surface area contributed by atoms with Gasteiger partial charge in [-0.05, 0) is 34.6 Å². The van der Waals surface area contributed by atoms with Gasteiger partial charge in [0.1, 0.15) is 17.6 Å². The summed E-state index contributed by atoms with van der Waals surface area (Å²) in [4.78, 5) is 8.42. The summed E-state index contributed by atoms with van der Waals surface area (Å²) in [5.41, 5.74) is -1.47. The standard InChI is InChI=1S/C13H22ClN3O2/c1-6-19-8-11-15-9(14)7-10(16-11)17-12(2,3)13(4,5)18/h7,18H,6,8H2,1-5H3,(H,15,16,17). The second kappa shape index (κ2) is 6.03. The van der Waals surface area contributed by atoms with Crippen molar-refractivity contribution >= 4 is 17.4 Å². The Kier molecular flexibility index (Phi) is 5.12. The normalized spacial score (nSPS) is 12.6. The van der Waals surface area contributed by atoms with Crippen LogP contribution in [0, 0.1) is 0 Å². The zero-order valence-electron chi connectivity index (χ0n) is 12.1. The van der Waals surface area contributed by atoms with Crippen LogP contribution in [-0.4, -0.2) is 32.8 Å². The number of ether oxygens (including phenoxy) is 1. The molecule has 1 rings (SSSR count). The fourth-order valence-electron chi connectivity index (χ4n) is 1.26. The lowest BCUT2D eigenvalue weighted by Gasteiger charge is -2.38. The van der Waals surface area contributed by atoms with E-state index in [0.717, 1.165) is 0 Å². The SMILES string of the molecule is CCOCc1nc(Cl)cc(NC(C)(C)C(C)(C)O)n1. The zero-order valence-corrected chi connectivity index (χ0v) is 12.9. The van der Waals surface area contributed by atoms with E-state index in [-0.39, 0.29) is 0 Å². The van der Waals surface area contributed by atoms with Gasteiger partial charge in [-0.1, -0.05) is 11.6 Å². The molecule has 0 aliphatic rings. The van der Waals surface area contributed by atoms with E-state index in [9.17, 15) is 5.11 Å². The molecule has 0 aliphatic carbocycles. The Balaban J connectivity index is 2.92. The average molecular weight is 288 g/mol. The van der Waals surface area contributed by atoms with Crippen molar-refractivity contribution in [3.05, 3.63) is 17.0 Å². The fourth-order valence-corrected chi connectivity index (χ4v) is 1.46. The minimum Gasteiger partial charge on any atom is -0.388 e. The highest BCUT2D eigenvalue weighted by Crippen LogP contribution is 2.26. The van der Waals surface area contributed by atoms with Crippen molar-refractivity contribution in [3.8, 4) is 0 Å². The first-order valence-corrected chi connectivity index (χ1v) is 6.65. The highest BCUT2D eigenvalue weighted by Gasteiger charge is 2.35. The van der Waals surface area contributed by atoms with Gasteiger partial charge in [-0.3, -0.25) is 0 Å². The molecule has 1 heterocycles. The van der Waals surface area contributed by atoms with E-state index in [1.165, 1.54) is 0 Å². The molecule has 19 heavy (non-hydrogen) atoms. The molecule has 6 heteroatoms. The number of nitrogens with one attached hydrogen (secondary N) is 1. The van der Waals surface area contributed by atoms with E-state index >= 15 is 0 Å². The lowest BCUT2D eigenvalue weighted by molar-refractivity contribution is 0.0238. The monoisotopic (exact) mass is 287 g/mol. The van der Waals surface area contributed by atoms with Gasteiger partial charge in [0, 0.05) is 12.7 Å². The summed E-state index contributed by atoms with van der Waals surface area (Å²) in [5.74, 6) is 1.09. The number of nitrogens with zero attached hydrogens (tertiary/aromatic N) is 2. The van der Waals surface area contributed by atoms with Crippen LogP contribution in [0.15, 0.2) is 6.07 Å². The number of halogens is 1. The molecule has 0 spiro atoms. The predicted octanol–water partition coefficient (Wildman–Crippen LogP) is 2.63. The lowest BCUT2D eigenvalue weighted by Crippen LogP contribution is -2.51. The van der Waals surface area contributed by atoms with Crippen molar-refractivity contribution in [2.75, 3.05) is 11.9 Å². The quantitative estimate of drug-likeness (QED) is 0.787. The van der Waals surface area contributed by atoms with Gasteiger partial charge in [0.2, 0.25) is 0 Å². The third-order valence-corrected chi connectivity index (χ3v) is 3.34. The van der Waals surface area contributed by atoms with Crippen LogP contribution in [0.2, 0.25) is 5.15 Å². The van der Waals surface area contributed by atoms with Crippen LogP contribution >= 0.6 is 11.6 Å². The molecule has 0 saturated heterocycles. The Morgan fingerprint density at radius 1 is 1.32 bits per heavy atom. The summed E-state index contributed by atoms with van der Waals surface area (Å²) in [5, 5.41) is 13.6. The third-order valence-electron chi connectivity index (χ3n) is 3.15. The molecule has 0 aromatic carbocycles. The van der Waals surface area contributed by atoms with Crippen molar-refractivity contribution in [2.24, 2.45) is 0 Å². The summed E-state index contributed by atoms with van der Waals surface area (Å²) in [6, 6.07) is 1.63. The minimum atomic E-state index is -0.912. The number of aliphatic hydroxyl groups is 1. The van der Waals surface area contributed by atoms with E-state index < -0.39 is 11.1 Å². The number of hydrogen-bond donors (Lipinski definition) is 2. The van der Waals surface area contributed by atoms with Gasteiger partial charge in [0.05, 0.1) is 11.1 Å². The molecular weight excluding hydrogens is 266 g/mol. The molecule has 5 nitrogen and oxygen atoms in total. The molecule has 0 aliphatic heterocycles. The van der Waals surface area contributed by atoms with Gasteiger partial charge < -0.3 is 15.2 Å². The first kappa shape index (κ1) is 16.1. The van der Waals surface area contributed by atoms with Crippen LogP contribution in [-0.2, 0) is 11.3 Å². The average Bonchev–Trinajstić information content (AvgIpc) is 2.23. The Morgan fingerprint density at radius 2 is 1.95 bits per heavy atom. The summed E-state index contributed by atoms with van der Waals surface area (Å²) in [7, 11) is 0. The molecule has 0 saturated carbocycles. The van der Waals surface area contributed by atoms with E-state index in [2.05, 4.69) is 15.3 Å². The summed E-state index contributed by atoms with van der Waals surface area (Å²) >= 11 is 5.96. The molecule has 0 radical (unpaired) electrons. The van der Waals surface area contributed by atoms with E-state index in [1.54, 1.807) is 19.9 Å². The molecule has 0 atom stereocenters. The molecule has 2 N–H and O–H groups in total. The highest BCUT2D eigenvalue weighted by atomic mass is 35.5. The fraction of sp³-hybridized carbons (Fsp3) is 0.692. The summed E-state index contributed by atoms with van der Waals surface area (Å²) in [6.07, 6.45) is 0. The predicted molar refractivity (Wildman–Crippen MR) is 76.4 cm³/mol. The maximum atomic E-state index is 10.1. The Hall–Kier alpha value is -0.910. The van der Waals surface area contributed by atoms with Crippen molar-refractivity contribution < 1.29 is 9.84 Å². The zero-order chi connectivity index (χ0) is 14.7. The van der Waals surface area contributed by atoms with Crippen molar-refractivity contribution in [1.29, 1.82) is 0 Å². The van der Waals surface area contributed by atoms with E-state index in [4.69, 9.17) is 16.3 Å². The first-order chi connectivity index (χ1) is 8.65. The molecule has 108 valence electrons. The van der Waals surface area contributed by atoms with E-state index in [1.807, 2.05) is 20.8 Å². The maximum Gasteiger partial charge on any atom is 0.158 e.